The highest BCUT2D eigenvalue weighted by atomic mass is 35.5. The monoisotopic (exact) mass is 322 g/mol. The Morgan fingerprint density at radius 3 is 2.57 bits per heavy atom. The lowest BCUT2D eigenvalue weighted by Gasteiger charge is -2.29. The van der Waals surface area contributed by atoms with E-state index in [2.05, 4.69) is 22.7 Å². The third-order valence-corrected chi connectivity index (χ3v) is 4.85. The SMILES string of the molecule is O=C1NN=C2C=C(c3ccccc3)CC(c3ccccc3Cl)C12. The van der Waals surface area contributed by atoms with E-state index < -0.39 is 0 Å². The van der Waals surface area contributed by atoms with Crippen LogP contribution in [0.3, 0.4) is 0 Å². The molecular formula is C19H15ClN2O. The third-order valence-electron chi connectivity index (χ3n) is 4.51. The number of hydrazone groups is 1. The summed E-state index contributed by atoms with van der Waals surface area (Å²) < 4.78 is 0. The molecule has 4 rings (SSSR count). The van der Waals surface area contributed by atoms with Crippen molar-refractivity contribution in [3.8, 4) is 0 Å². The van der Waals surface area contributed by atoms with Crippen molar-refractivity contribution < 1.29 is 4.79 Å². The summed E-state index contributed by atoms with van der Waals surface area (Å²) in [4.78, 5) is 12.2. The highest BCUT2D eigenvalue weighted by Crippen LogP contribution is 2.43. The number of benzene rings is 2. The Kier molecular flexibility index (Phi) is 3.50. The summed E-state index contributed by atoms with van der Waals surface area (Å²) in [6, 6.07) is 18.0. The van der Waals surface area contributed by atoms with Crippen molar-refractivity contribution in [2.45, 2.75) is 12.3 Å². The standard InChI is InChI=1S/C19H15ClN2O/c20-16-9-5-4-8-14(16)15-10-13(12-6-2-1-3-7-12)11-17-18(15)19(23)22-21-17/h1-9,11,15,18H,10H2,(H,22,23). The van der Waals surface area contributed by atoms with Crippen molar-refractivity contribution in [2.75, 3.05) is 0 Å². The number of rotatable bonds is 2. The van der Waals surface area contributed by atoms with Gasteiger partial charge in [-0.1, -0.05) is 60.1 Å². The molecule has 0 saturated heterocycles. The Morgan fingerprint density at radius 1 is 1.04 bits per heavy atom. The first-order valence-electron chi connectivity index (χ1n) is 7.62. The van der Waals surface area contributed by atoms with Gasteiger partial charge in [0.1, 0.15) is 0 Å². The van der Waals surface area contributed by atoms with Crippen molar-refractivity contribution in [2.24, 2.45) is 11.0 Å². The lowest BCUT2D eigenvalue weighted by Crippen LogP contribution is -2.31. The maximum absolute atomic E-state index is 12.2. The van der Waals surface area contributed by atoms with Crippen LogP contribution < -0.4 is 5.43 Å². The average Bonchev–Trinajstić information content (AvgIpc) is 2.97. The number of halogens is 1. The summed E-state index contributed by atoms with van der Waals surface area (Å²) in [7, 11) is 0. The van der Waals surface area contributed by atoms with Gasteiger partial charge in [-0.3, -0.25) is 4.79 Å². The van der Waals surface area contributed by atoms with E-state index >= 15 is 0 Å². The molecule has 0 spiro atoms. The molecule has 4 heteroatoms. The summed E-state index contributed by atoms with van der Waals surface area (Å²) in [5.74, 6) is -0.305. The topological polar surface area (TPSA) is 41.5 Å². The summed E-state index contributed by atoms with van der Waals surface area (Å²) in [6.07, 6.45) is 2.80. The predicted molar refractivity (Wildman–Crippen MR) is 92.3 cm³/mol. The van der Waals surface area contributed by atoms with Crippen LogP contribution in [-0.4, -0.2) is 11.6 Å². The lowest BCUT2D eigenvalue weighted by atomic mass is 9.73. The second-order valence-corrected chi connectivity index (χ2v) is 6.27. The maximum Gasteiger partial charge on any atom is 0.249 e. The van der Waals surface area contributed by atoms with Gasteiger partial charge in [0, 0.05) is 10.9 Å². The Balaban J connectivity index is 1.81. The van der Waals surface area contributed by atoms with Crippen molar-refractivity contribution >= 4 is 28.8 Å². The van der Waals surface area contributed by atoms with Crippen LogP contribution in [0.1, 0.15) is 23.5 Å². The zero-order valence-electron chi connectivity index (χ0n) is 12.4. The fraction of sp³-hybridized carbons (Fsp3) is 0.158. The van der Waals surface area contributed by atoms with Gasteiger partial charge in [-0.15, -0.1) is 0 Å². The fourth-order valence-corrected chi connectivity index (χ4v) is 3.69. The van der Waals surface area contributed by atoms with E-state index in [1.165, 1.54) is 5.57 Å². The average molecular weight is 323 g/mol. The number of nitrogens with zero attached hydrogens (tertiary/aromatic N) is 1. The predicted octanol–water partition coefficient (Wildman–Crippen LogP) is 4.01. The second-order valence-electron chi connectivity index (χ2n) is 5.86. The Hall–Kier alpha value is -2.39. The normalized spacial score (nSPS) is 22.9. The number of allylic oxidation sites excluding steroid dienone is 2. The summed E-state index contributed by atoms with van der Waals surface area (Å²) >= 11 is 6.40. The minimum atomic E-state index is -0.262. The van der Waals surface area contributed by atoms with E-state index in [4.69, 9.17) is 11.6 Å². The highest BCUT2D eigenvalue weighted by molar-refractivity contribution is 6.31. The molecule has 1 aliphatic carbocycles. The van der Waals surface area contributed by atoms with Crippen molar-refractivity contribution in [1.82, 2.24) is 5.43 Å². The van der Waals surface area contributed by atoms with Crippen LogP contribution in [0.5, 0.6) is 0 Å². The zero-order chi connectivity index (χ0) is 15.8. The maximum atomic E-state index is 12.2. The van der Waals surface area contributed by atoms with Crippen LogP contribution >= 0.6 is 11.6 Å². The minimum absolute atomic E-state index is 0.00477. The van der Waals surface area contributed by atoms with Crippen LogP contribution in [-0.2, 0) is 4.79 Å². The quantitative estimate of drug-likeness (QED) is 0.891. The second kappa shape index (κ2) is 5.67. The molecule has 23 heavy (non-hydrogen) atoms. The summed E-state index contributed by atoms with van der Waals surface area (Å²) in [5, 5.41) is 4.92. The number of hydrogen-bond donors (Lipinski definition) is 1. The van der Waals surface area contributed by atoms with E-state index in [0.717, 1.165) is 23.3 Å². The van der Waals surface area contributed by atoms with Crippen molar-refractivity contribution in [3.05, 3.63) is 76.8 Å². The smallest absolute Gasteiger partial charge is 0.249 e. The molecule has 114 valence electrons. The van der Waals surface area contributed by atoms with Gasteiger partial charge in [0.05, 0.1) is 11.6 Å². The van der Waals surface area contributed by atoms with Gasteiger partial charge in [0.2, 0.25) is 5.91 Å². The number of fused-ring (bicyclic) bond motifs is 1. The first kappa shape index (κ1) is 14.2. The van der Waals surface area contributed by atoms with Crippen LogP contribution in [0.15, 0.2) is 65.8 Å². The van der Waals surface area contributed by atoms with E-state index in [1.807, 2.05) is 48.5 Å². The van der Waals surface area contributed by atoms with Gasteiger partial charge >= 0.3 is 0 Å². The number of hydrogen-bond acceptors (Lipinski definition) is 2. The van der Waals surface area contributed by atoms with E-state index in [9.17, 15) is 4.79 Å². The molecule has 0 aromatic heterocycles. The molecule has 1 N–H and O–H groups in total. The van der Waals surface area contributed by atoms with Crippen molar-refractivity contribution in [1.29, 1.82) is 0 Å². The van der Waals surface area contributed by atoms with Gasteiger partial charge in [0.15, 0.2) is 0 Å². The molecule has 3 nitrogen and oxygen atoms in total. The van der Waals surface area contributed by atoms with Crippen LogP contribution in [0.2, 0.25) is 5.02 Å². The van der Waals surface area contributed by atoms with Gasteiger partial charge in [-0.25, -0.2) is 5.43 Å². The molecule has 2 aromatic rings. The highest BCUT2D eigenvalue weighted by Gasteiger charge is 2.41. The van der Waals surface area contributed by atoms with Gasteiger partial charge in [-0.2, -0.15) is 5.10 Å². The van der Waals surface area contributed by atoms with E-state index in [0.29, 0.717) is 5.02 Å². The molecule has 0 radical (unpaired) electrons. The Morgan fingerprint density at radius 2 is 1.78 bits per heavy atom. The van der Waals surface area contributed by atoms with Crippen LogP contribution in [0, 0.1) is 5.92 Å². The van der Waals surface area contributed by atoms with Crippen LogP contribution in [0.25, 0.3) is 5.57 Å². The first-order valence-corrected chi connectivity index (χ1v) is 7.99. The fourth-order valence-electron chi connectivity index (χ4n) is 3.41. The number of carbonyl (C=O) groups excluding carboxylic acids is 1. The van der Waals surface area contributed by atoms with Gasteiger partial charge in [-0.05, 0) is 35.3 Å². The molecule has 2 unspecified atom stereocenters. The van der Waals surface area contributed by atoms with Crippen LogP contribution in [0.4, 0.5) is 0 Å². The molecule has 0 fully saturated rings. The molecule has 2 aliphatic rings. The lowest BCUT2D eigenvalue weighted by molar-refractivity contribution is -0.122. The van der Waals surface area contributed by atoms with Gasteiger partial charge < -0.3 is 0 Å². The molecule has 2 atom stereocenters. The first-order chi connectivity index (χ1) is 11.2. The molecule has 1 aliphatic heterocycles. The number of carbonyl (C=O) groups is 1. The summed E-state index contributed by atoms with van der Waals surface area (Å²) in [6.45, 7) is 0. The van der Waals surface area contributed by atoms with E-state index in [-0.39, 0.29) is 17.7 Å². The molecular weight excluding hydrogens is 308 g/mol. The molecule has 2 aromatic carbocycles. The Bertz CT molecular complexity index is 826. The largest absolute Gasteiger partial charge is 0.272 e. The third kappa shape index (κ3) is 2.47. The Labute approximate surface area is 139 Å². The van der Waals surface area contributed by atoms with E-state index in [1.54, 1.807) is 0 Å². The van der Waals surface area contributed by atoms with Gasteiger partial charge in [0.25, 0.3) is 0 Å². The minimum Gasteiger partial charge on any atom is -0.272 e. The number of amides is 1. The van der Waals surface area contributed by atoms with Crippen molar-refractivity contribution in [3.63, 3.8) is 0 Å². The molecule has 1 heterocycles. The molecule has 0 bridgehead atoms. The summed E-state index contributed by atoms with van der Waals surface area (Å²) in [5.41, 5.74) is 6.76. The molecule has 0 saturated carbocycles. The zero-order valence-corrected chi connectivity index (χ0v) is 13.1. The number of nitrogens with one attached hydrogen (secondary N) is 1. The molecule has 1 amide bonds.